The van der Waals surface area contributed by atoms with Gasteiger partial charge in [-0.1, -0.05) is 37.6 Å². The molecule has 0 atom stereocenters. The van der Waals surface area contributed by atoms with E-state index in [1.165, 1.54) is 11.3 Å². The summed E-state index contributed by atoms with van der Waals surface area (Å²) in [6, 6.07) is 9.53. The summed E-state index contributed by atoms with van der Waals surface area (Å²) in [5, 5.41) is 11.9. The van der Waals surface area contributed by atoms with Crippen LogP contribution in [-0.2, 0) is 11.3 Å². The number of nitrogens with zero attached hydrogens (tertiary/aromatic N) is 2. The first kappa shape index (κ1) is 20.4. The van der Waals surface area contributed by atoms with Crippen molar-refractivity contribution in [1.82, 2.24) is 20.4 Å². The fourth-order valence-corrected chi connectivity index (χ4v) is 3.95. The summed E-state index contributed by atoms with van der Waals surface area (Å²) in [4.78, 5) is 25.6. The van der Waals surface area contributed by atoms with Gasteiger partial charge in [0, 0.05) is 29.4 Å². The van der Waals surface area contributed by atoms with E-state index in [0.29, 0.717) is 29.5 Å². The van der Waals surface area contributed by atoms with Crippen molar-refractivity contribution in [1.29, 1.82) is 0 Å². The number of hydrogen-bond acceptors (Lipinski definition) is 4. The SMILES string of the molecule is Cc1nn(Cc2ccc(Cl)cc2)c2sc(C(=O)NCCNC(=O)C(C)C)cc12. The molecular formula is C20H23ClN4O2S. The number of fused-ring (bicyclic) bond motifs is 1. The molecule has 148 valence electrons. The van der Waals surface area contributed by atoms with E-state index in [2.05, 4.69) is 15.7 Å². The highest BCUT2D eigenvalue weighted by Crippen LogP contribution is 2.29. The highest BCUT2D eigenvalue weighted by Gasteiger charge is 2.16. The number of nitrogens with one attached hydrogen (secondary N) is 2. The van der Waals surface area contributed by atoms with Gasteiger partial charge in [0.05, 0.1) is 17.1 Å². The van der Waals surface area contributed by atoms with Gasteiger partial charge >= 0.3 is 0 Å². The van der Waals surface area contributed by atoms with E-state index in [0.717, 1.165) is 21.5 Å². The normalized spacial score (nSPS) is 11.2. The van der Waals surface area contributed by atoms with Gasteiger partial charge in [0.15, 0.2) is 0 Å². The molecule has 0 saturated heterocycles. The summed E-state index contributed by atoms with van der Waals surface area (Å²) in [6.45, 7) is 7.03. The molecule has 0 spiro atoms. The first-order valence-electron chi connectivity index (χ1n) is 9.12. The van der Waals surface area contributed by atoms with Crippen LogP contribution in [0.1, 0.15) is 34.8 Å². The maximum Gasteiger partial charge on any atom is 0.261 e. The highest BCUT2D eigenvalue weighted by atomic mass is 35.5. The number of thiophene rings is 1. The number of aromatic nitrogens is 2. The first-order valence-corrected chi connectivity index (χ1v) is 10.3. The molecule has 0 aliphatic carbocycles. The van der Waals surface area contributed by atoms with Gasteiger partial charge in [-0.15, -0.1) is 11.3 Å². The second kappa shape index (κ2) is 8.75. The van der Waals surface area contributed by atoms with Crippen LogP contribution in [0.4, 0.5) is 0 Å². The molecule has 0 unspecified atom stereocenters. The molecule has 0 aliphatic heterocycles. The molecule has 0 radical (unpaired) electrons. The van der Waals surface area contributed by atoms with Crippen LogP contribution in [-0.4, -0.2) is 34.7 Å². The molecule has 2 heterocycles. The van der Waals surface area contributed by atoms with E-state index in [1.807, 2.05) is 55.8 Å². The Balaban J connectivity index is 1.67. The Morgan fingerprint density at radius 2 is 1.86 bits per heavy atom. The minimum Gasteiger partial charge on any atom is -0.354 e. The van der Waals surface area contributed by atoms with E-state index >= 15 is 0 Å². The van der Waals surface area contributed by atoms with Crippen LogP contribution in [0.2, 0.25) is 5.02 Å². The molecule has 0 aliphatic rings. The average Bonchev–Trinajstić information content (AvgIpc) is 3.22. The third kappa shape index (κ3) is 4.72. The molecular weight excluding hydrogens is 396 g/mol. The fourth-order valence-electron chi connectivity index (χ4n) is 2.75. The molecule has 3 rings (SSSR count). The van der Waals surface area contributed by atoms with Crippen LogP contribution in [0.3, 0.4) is 0 Å². The Kier molecular flexibility index (Phi) is 6.36. The molecule has 2 aromatic heterocycles. The molecule has 2 amide bonds. The lowest BCUT2D eigenvalue weighted by Gasteiger charge is -2.08. The molecule has 2 N–H and O–H groups in total. The number of rotatable bonds is 7. The Bertz CT molecular complexity index is 992. The van der Waals surface area contributed by atoms with Crippen molar-refractivity contribution < 1.29 is 9.59 Å². The van der Waals surface area contributed by atoms with Crippen LogP contribution < -0.4 is 10.6 Å². The van der Waals surface area contributed by atoms with E-state index in [-0.39, 0.29) is 17.7 Å². The zero-order valence-electron chi connectivity index (χ0n) is 16.1. The summed E-state index contributed by atoms with van der Waals surface area (Å²) >= 11 is 7.37. The van der Waals surface area contributed by atoms with E-state index in [4.69, 9.17) is 11.6 Å². The molecule has 28 heavy (non-hydrogen) atoms. The number of benzene rings is 1. The van der Waals surface area contributed by atoms with Gasteiger partial charge in [-0.05, 0) is 30.7 Å². The summed E-state index contributed by atoms with van der Waals surface area (Å²) < 4.78 is 1.91. The third-order valence-electron chi connectivity index (χ3n) is 4.31. The zero-order valence-corrected chi connectivity index (χ0v) is 17.7. The maximum absolute atomic E-state index is 12.5. The largest absolute Gasteiger partial charge is 0.354 e. The topological polar surface area (TPSA) is 76.0 Å². The van der Waals surface area contributed by atoms with Gasteiger partial charge in [-0.2, -0.15) is 5.10 Å². The minimum atomic E-state index is -0.141. The smallest absolute Gasteiger partial charge is 0.261 e. The number of amides is 2. The Labute approximate surface area is 172 Å². The van der Waals surface area contributed by atoms with Crippen LogP contribution in [0.15, 0.2) is 30.3 Å². The van der Waals surface area contributed by atoms with E-state index < -0.39 is 0 Å². The van der Waals surface area contributed by atoms with Gasteiger partial charge in [0.25, 0.3) is 5.91 Å². The van der Waals surface area contributed by atoms with Crippen LogP contribution >= 0.6 is 22.9 Å². The fraction of sp³-hybridized carbons (Fsp3) is 0.350. The summed E-state index contributed by atoms with van der Waals surface area (Å²) in [7, 11) is 0. The Hall–Kier alpha value is -2.38. The highest BCUT2D eigenvalue weighted by molar-refractivity contribution is 7.20. The van der Waals surface area contributed by atoms with Crippen LogP contribution in [0.5, 0.6) is 0 Å². The maximum atomic E-state index is 12.5. The van der Waals surface area contributed by atoms with Crippen molar-refractivity contribution in [3.63, 3.8) is 0 Å². The van der Waals surface area contributed by atoms with Gasteiger partial charge in [-0.3, -0.25) is 14.3 Å². The summed E-state index contributed by atoms with van der Waals surface area (Å²) in [5.74, 6) is -0.226. The van der Waals surface area contributed by atoms with Crippen molar-refractivity contribution in [3.8, 4) is 0 Å². The Morgan fingerprint density at radius 1 is 1.18 bits per heavy atom. The monoisotopic (exact) mass is 418 g/mol. The standard InChI is InChI=1S/C20H23ClN4O2S/c1-12(2)18(26)22-8-9-23-19(27)17-10-16-13(3)24-25(20(16)28-17)11-14-4-6-15(21)7-5-14/h4-7,10,12H,8-9,11H2,1-3H3,(H,22,26)(H,23,27). The van der Waals surface area contributed by atoms with Gasteiger partial charge in [-0.25, -0.2) is 0 Å². The summed E-state index contributed by atoms with van der Waals surface area (Å²) in [5.41, 5.74) is 1.98. The van der Waals surface area contributed by atoms with Crippen molar-refractivity contribution in [2.24, 2.45) is 5.92 Å². The quantitative estimate of drug-likeness (QED) is 0.575. The van der Waals surface area contributed by atoms with Crippen LogP contribution in [0, 0.1) is 12.8 Å². The van der Waals surface area contributed by atoms with Crippen LogP contribution in [0.25, 0.3) is 10.2 Å². The second-order valence-corrected chi connectivity index (χ2v) is 8.37. The molecule has 0 bridgehead atoms. The molecule has 3 aromatic rings. The number of carbonyl (C=O) groups excluding carboxylic acids is 2. The minimum absolute atomic E-state index is 0.0194. The lowest BCUT2D eigenvalue weighted by Crippen LogP contribution is -2.36. The Morgan fingerprint density at radius 3 is 2.54 bits per heavy atom. The third-order valence-corrected chi connectivity index (χ3v) is 5.71. The van der Waals surface area contributed by atoms with Gasteiger partial charge in [0.2, 0.25) is 5.91 Å². The van der Waals surface area contributed by atoms with Crippen molar-refractivity contribution >= 4 is 45.0 Å². The second-order valence-electron chi connectivity index (χ2n) is 6.90. The molecule has 8 heteroatoms. The molecule has 6 nitrogen and oxygen atoms in total. The van der Waals surface area contributed by atoms with Crippen molar-refractivity contribution in [2.75, 3.05) is 13.1 Å². The number of carbonyl (C=O) groups is 2. The van der Waals surface area contributed by atoms with Crippen molar-refractivity contribution in [2.45, 2.75) is 27.3 Å². The summed E-state index contributed by atoms with van der Waals surface area (Å²) in [6.07, 6.45) is 0. The predicted octanol–water partition coefficient (Wildman–Crippen LogP) is 3.61. The number of halogens is 1. The van der Waals surface area contributed by atoms with Gasteiger partial charge < -0.3 is 10.6 Å². The molecule has 1 aromatic carbocycles. The van der Waals surface area contributed by atoms with Crippen molar-refractivity contribution in [3.05, 3.63) is 51.5 Å². The average molecular weight is 419 g/mol. The number of hydrogen-bond donors (Lipinski definition) is 2. The predicted molar refractivity (Wildman–Crippen MR) is 113 cm³/mol. The number of aryl methyl sites for hydroxylation is 1. The lowest BCUT2D eigenvalue weighted by molar-refractivity contribution is -0.123. The van der Waals surface area contributed by atoms with Gasteiger partial charge in [0.1, 0.15) is 4.83 Å². The molecule has 0 fully saturated rings. The van der Waals surface area contributed by atoms with E-state index in [9.17, 15) is 9.59 Å². The lowest BCUT2D eigenvalue weighted by atomic mass is 10.2. The zero-order chi connectivity index (χ0) is 20.3. The first-order chi connectivity index (χ1) is 13.3. The molecule has 0 saturated carbocycles. The van der Waals surface area contributed by atoms with E-state index in [1.54, 1.807) is 0 Å².